The van der Waals surface area contributed by atoms with E-state index < -0.39 is 0 Å². The van der Waals surface area contributed by atoms with Crippen LogP contribution in [0.3, 0.4) is 0 Å². The summed E-state index contributed by atoms with van der Waals surface area (Å²) in [5, 5.41) is 3.67. The summed E-state index contributed by atoms with van der Waals surface area (Å²) in [6.07, 6.45) is 0. The molecule has 4 rings (SSSR count). The number of amides is 1. The van der Waals surface area contributed by atoms with E-state index in [1.54, 1.807) is 18.2 Å². The quantitative estimate of drug-likeness (QED) is 0.674. The van der Waals surface area contributed by atoms with Crippen molar-refractivity contribution in [1.29, 1.82) is 0 Å². The summed E-state index contributed by atoms with van der Waals surface area (Å²) in [6, 6.07) is 22.1. The summed E-state index contributed by atoms with van der Waals surface area (Å²) < 4.78 is 16.2. The SMILES string of the molecule is O=C(COc1ccc2c(c1)OCO2)N[C@H](c1ccccc1)c1ccc(Cl)cc1. The van der Waals surface area contributed by atoms with Crippen LogP contribution < -0.4 is 19.5 Å². The number of halogens is 1. The Morgan fingerprint density at radius 2 is 1.68 bits per heavy atom. The fourth-order valence-electron chi connectivity index (χ4n) is 2.98. The number of hydrogen-bond acceptors (Lipinski definition) is 4. The number of fused-ring (bicyclic) bond motifs is 1. The minimum absolute atomic E-state index is 0.115. The third kappa shape index (κ3) is 4.21. The predicted octanol–water partition coefficient (Wildman–Crippen LogP) is 4.35. The van der Waals surface area contributed by atoms with Gasteiger partial charge in [0.1, 0.15) is 5.75 Å². The van der Waals surface area contributed by atoms with Gasteiger partial charge in [0.2, 0.25) is 6.79 Å². The van der Waals surface area contributed by atoms with Crippen molar-refractivity contribution in [1.82, 2.24) is 5.32 Å². The Hall–Kier alpha value is -3.18. The molecule has 0 saturated carbocycles. The van der Waals surface area contributed by atoms with E-state index in [0.29, 0.717) is 22.3 Å². The second-order valence-corrected chi connectivity index (χ2v) is 6.70. The van der Waals surface area contributed by atoms with Gasteiger partial charge in [-0.3, -0.25) is 4.79 Å². The highest BCUT2D eigenvalue weighted by Crippen LogP contribution is 2.35. The fraction of sp³-hybridized carbons (Fsp3) is 0.136. The topological polar surface area (TPSA) is 56.8 Å². The number of benzene rings is 3. The molecule has 1 aliphatic heterocycles. The van der Waals surface area contributed by atoms with Gasteiger partial charge in [0.25, 0.3) is 5.91 Å². The van der Waals surface area contributed by atoms with E-state index in [0.717, 1.165) is 11.1 Å². The molecule has 28 heavy (non-hydrogen) atoms. The van der Waals surface area contributed by atoms with E-state index in [1.165, 1.54) is 0 Å². The number of nitrogens with one attached hydrogen (secondary N) is 1. The van der Waals surface area contributed by atoms with Crippen LogP contribution in [-0.4, -0.2) is 19.3 Å². The lowest BCUT2D eigenvalue weighted by molar-refractivity contribution is -0.123. The Kier molecular flexibility index (Phi) is 5.35. The molecular formula is C22H18ClNO4. The molecule has 1 N–H and O–H groups in total. The van der Waals surface area contributed by atoms with Crippen molar-refractivity contribution in [2.45, 2.75) is 6.04 Å². The van der Waals surface area contributed by atoms with Gasteiger partial charge in [-0.15, -0.1) is 0 Å². The van der Waals surface area contributed by atoms with Crippen LogP contribution in [0.4, 0.5) is 0 Å². The molecule has 0 radical (unpaired) electrons. The Balaban J connectivity index is 1.45. The van der Waals surface area contributed by atoms with Crippen molar-refractivity contribution >= 4 is 17.5 Å². The Morgan fingerprint density at radius 1 is 0.964 bits per heavy atom. The Labute approximate surface area is 167 Å². The molecule has 1 aliphatic rings. The number of rotatable bonds is 6. The van der Waals surface area contributed by atoms with Gasteiger partial charge in [-0.25, -0.2) is 0 Å². The van der Waals surface area contributed by atoms with Gasteiger partial charge in [-0.1, -0.05) is 54.1 Å². The van der Waals surface area contributed by atoms with Gasteiger partial charge in [-0.2, -0.15) is 0 Å². The van der Waals surface area contributed by atoms with Gasteiger partial charge >= 0.3 is 0 Å². The average Bonchev–Trinajstić information content (AvgIpc) is 3.20. The molecule has 0 bridgehead atoms. The first kappa shape index (κ1) is 18.2. The summed E-state index contributed by atoms with van der Waals surface area (Å²) in [7, 11) is 0. The zero-order valence-electron chi connectivity index (χ0n) is 14.9. The van der Waals surface area contributed by atoms with Crippen molar-refractivity contribution in [3.63, 3.8) is 0 Å². The highest BCUT2D eigenvalue weighted by molar-refractivity contribution is 6.30. The molecule has 0 aliphatic carbocycles. The van der Waals surface area contributed by atoms with Crippen molar-refractivity contribution in [2.24, 2.45) is 0 Å². The lowest BCUT2D eigenvalue weighted by Gasteiger charge is -2.20. The van der Waals surface area contributed by atoms with Crippen LogP contribution in [0.2, 0.25) is 5.02 Å². The van der Waals surface area contributed by atoms with E-state index in [4.69, 9.17) is 25.8 Å². The average molecular weight is 396 g/mol. The maximum absolute atomic E-state index is 12.6. The minimum atomic E-state index is -0.300. The van der Waals surface area contributed by atoms with E-state index in [1.807, 2.05) is 54.6 Å². The van der Waals surface area contributed by atoms with E-state index in [2.05, 4.69) is 5.32 Å². The van der Waals surface area contributed by atoms with Crippen LogP contribution >= 0.6 is 11.6 Å². The van der Waals surface area contributed by atoms with Crippen LogP contribution in [0.15, 0.2) is 72.8 Å². The number of carbonyl (C=O) groups is 1. The predicted molar refractivity (Wildman–Crippen MR) is 106 cm³/mol. The molecule has 5 nitrogen and oxygen atoms in total. The number of hydrogen-bond donors (Lipinski definition) is 1. The fourth-order valence-corrected chi connectivity index (χ4v) is 3.10. The second-order valence-electron chi connectivity index (χ2n) is 6.27. The first-order valence-electron chi connectivity index (χ1n) is 8.81. The molecule has 3 aromatic carbocycles. The molecule has 0 unspecified atom stereocenters. The molecule has 3 aromatic rings. The van der Waals surface area contributed by atoms with Crippen molar-refractivity contribution < 1.29 is 19.0 Å². The molecule has 0 saturated heterocycles. The first-order chi connectivity index (χ1) is 13.7. The summed E-state index contributed by atoms with van der Waals surface area (Å²) in [6.45, 7) is 0.0791. The van der Waals surface area contributed by atoms with E-state index in [-0.39, 0.29) is 25.3 Å². The highest BCUT2D eigenvalue weighted by Gasteiger charge is 2.18. The summed E-state index contributed by atoms with van der Waals surface area (Å²) >= 11 is 6.00. The standard InChI is InChI=1S/C22H18ClNO4/c23-17-8-6-16(7-9-17)22(15-4-2-1-3-5-15)24-21(25)13-26-18-10-11-19-20(12-18)28-14-27-19/h1-12,22H,13-14H2,(H,24,25)/t22-/m1/s1. The van der Waals surface area contributed by atoms with Gasteiger partial charge in [-0.05, 0) is 35.4 Å². The number of ether oxygens (including phenoxy) is 3. The molecule has 1 amide bonds. The van der Waals surface area contributed by atoms with Crippen molar-refractivity contribution in [3.8, 4) is 17.2 Å². The van der Waals surface area contributed by atoms with Crippen LogP contribution in [0, 0.1) is 0 Å². The molecule has 0 spiro atoms. The number of carbonyl (C=O) groups excluding carboxylic acids is 1. The third-order valence-electron chi connectivity index (χ3n) is 4.36. The zero-order valence-corrected chi connectivity index (χ0v) is 15.7. The van der Waals surface area contributed by atoms with Crippen LogP contribution in [0.25, 0.3) is 0 Å². The van der Waals surface area contributed by atoms with Gasteiger partial charge in [0.05, 0.1) is 6.04 Å². The maximum atomic E-state index is 12.6. The highest BCUT2D eigenvalue weighted by atomic mass is 35.5. The molecular weight excluding hydrogens is 378 g/mol. The van der Waals surface area contributed by atoms with Crippen LogP contribution in [0.1, 0.15) is 17.2 Å². The summed E-state index contributed by atoms with van der Waals surface area (Å²) in [5.74, 6) is 1.59. The van der Waals surface area contributed by atoms with Crippen molar-refractivity contribution in [3.05, 3.63) is 88.9 Å². The van der Waals surface area contributed by atoms with Crippen LogP contribution in [0.5, 0.6) is 17.2 Å². The Morgan fingerprint density at radius 3 is 2.46 bits per heavy atom. The largest absolute Gasteiger partial charge is 0.484 e. The van der Waals surface area contributed by atoms with Crippen LogP contribution in [-0.2, 0) is 4.79 Å². The lowest BCUT2D eigenvalue weighted by atomic mass is 9.99. The monoisotopic (exact) mass is 395 g/mol. The zero-order chi connectivity index (χ0) is 19.3. The molecule has 1 atom stereocenters. The van der Waals surface area contributed by atoms with Gasteiger partial charge in [0, 0.05) is 11.1 Å². The molecule has 142 valence electrons. The van der Waals surface area contributed by atoms with Gasteiger partial charge < -0.3 is 19.5 Å². The van der Waals surface area contributed by atoms with E-state index >= 15 is 0 Å². The lowest BCUT2D eigenvalue weighted by Crippen LogP contribution is -2.33. The van der Waals surface area contributed by atoms with Crippen molar-refractivity contribution in [2.75, 3.05) is 13.4 Å². The molecule has 0 aromatic heterocycles. The summed E-state index contributed by atoms with van der Waals surface area (Å²) in [4.78, 5) is 12.6. The molecule has 6 heteroatoms. The Bertz CT molecular complexity index is 960. The normalized spacial score (nSPS) is 13.0. The molecule has 1 heterocycles. The second kappa shape index (κ2) is 8.23. The first-order valence-corrected chi connectivity index (χ1v) is 9.19. The summed E-state index contributed by atoms with van der Waals surface area (Å²) in [5.41, 5.74) is 1.91. The maximum Gasteiger partial charge on any atom is 0.258 e. The third-order valence-corrected chi connectivity index (χ3v) is 4.61. The smallest absolute Gasteiger partial charge is 0.258 e. The minimum Gasteiger partial charge on any atom is -0.484 e. The molecule has 0 fully saturated rings. The van der Waals surface area contributed by atoms with E-state index in [9.17, 15) is 4.79 Å². The van der Waals surface area contributed by atoms with Gasteiger partial charge in [0.15, 0.2) is 18.1 Å².